The van der Waals surface area contributed by atoms with Gasteiger partial charge in [-0.25, -0.2) is 0 Å². The number of hydrogen-bond donors (Lipinski definition) is 1. The molecular weight excluding hydrogens is 232 g/mol. The molecule has 0 aromatic heterocycles. The zero-order valence-corrected chi connectivity index (χ0v) is 11.6. The summed E-state index contributed by atoms with van der Waals surface area (Å²) < 4.78 is 10.1. The lowest BCUT2D eigenvalue weighted by molar-refractivity contribution is -0.139. The van der Waals surface area contributed by atoms with Gasteiger partial charge < -0.3 is 20.1 Å². The third-order valence-electron chi connectivity index (χ3n) is 3.72. The maximum absolute atomic E-state index is 12.0. The van der Waals surface area contributed by atoms with Gasteiger partial charge >= 0.3 is 0 Å². The summed E-state index contributed by atoms with van der Waals surface area (Å²) in [7, 11) is 3.48. The molecule has 1 aliphatic rings. The van der Waals surface area contributed by atoms with Crippen molar-refractivity contribution in [2.24, 2.45) is 11.7 Å². The van der Waals surface area contributed by atoms with Crippen LogP contribution in [0.1, 0.15) is 25.7 Å². The minimum atomic E-state index is 0.0384. The molecule has 0 radical (unpaired) electrons. The van der Waals surface area contributed by atoms with Crippen LogP contribution in [0.25, 0.3) is 0 Å². The van der Waals surface area contributed by atoms with Crippen LogP contribution in [0.3, 0.4) is 0 Å². The van der Waals surface area contributed by atoms with Crippen molar-refractivity contribution in [2.75, 3.05) is 40.5 Å². The number of nitrogens with zero attached hydrogens (tertiary/aromatic N) is 1. The SMILES string of the molecule is COCCOCC(=O)N(C)C1CCCCC1CN. The Bertz CT molecular complexity index is 248. The zero-order chi connectivity index (χ0) is 13.4. The molecular formula is C13H26N2O3. The van der Waals surface area contributed by atoms with Crippen molar-refractivity contribution >= 4 is 5.91 Å². The largest absolute Gasteiger partial charge is 0.382 e. The zero-order valence-electron chi connectivity index (χ0n) is 11.6. The average molecular weight is 258 g/mol. The number of methoxy groups -OCH3 is 1. The lowest BCUT2D eigenvalue weighted by Crippen LogP contribution is -2.47. The van der Waals surface area contributed by atoms with E-state index >= 15 is 0 Å². The first kappa shape index (κ1) is 15.4. The number of hydrogen-bond acceptors (Lipinski definition) is 4. The predicted molar refractivity (Wildman–Crippen MR) is 70.3 cm³/mol. The predicted octanol–water partition coefficient (Wildman–Crippen LogP) is 0.625. The van der Waals surface area contributed by atoms with Gasteiger partial charge in [-0.05, 0) is 25.3 Å². The summed E-state index contributed by atoms with van der Waals surface area (Å²) in [6.07, 6.45) is 4.60. The molecule has 5 nitrogen and oxygen atoms in total. The van der Waals surface area contributed by atoms with Crippen LogP contribution in [-0.2, 0) is 14.3 Å². The molecule has 2 atom stereocenters. The molecule has 0 aliphatic heterocycles. The fourth-order valence-corrected chi connectivity index (χ4v) is 2.56. The Balaban J connectivity index is 2.36. The van der Waals surface area contributed by atoms with Crippen molar-refractivity contribution in [1.29, 1.82) is 0 Å². The first-order valence-electron chi connectivity index (χ1n) is 6.73. The van der Waals surface area contributed by atoms with Crippen LogP contribution >= 0.6 is 0 Å². The molecule has 106 valence electrons. The first-order chi connectivity index (χ1) is 8.70. The number of ether oxygens (including phenoxy) is 2. The highest BCUT2D eigenvalue weighted by molar-refractivity contribution is 5.77. The van der Waals surface area contributed by atoms with Crippen LogP contribution in [0.2, 0.25) is 0 Å². The van der Waals surface area contributed by atoms with Gasteiger partial charge in [-0.1, -0.05) is 12.8 Å². The number of amides is 1. The van der Waals surface area contributed by atoms with E-state index in [2.05, 4.69) is 0 Å². The fourth-order valence-electron chi connectivity index (χ4n) is 2.56. The normalized spacial score (nSPS) is 23.9. The van der Waals surface area contributed by atoms with Gasteiger partial charge in [0.2, 0.25) is 5.91 Å². The summed E-state index contributed by atoms with van der Waals surface area (Å²) >= 11 is 0. The van der Waals surface area contributed by atoms with Gasteiger partial charge in [0.05, 0.1) is 13.2 Å². The molecule has 0 heterocycles. The van der Waals surface area contributed by atoms with E-state index in [-0.39, 0.29) is 18.6 Å². The molecule has 0 saturated heterocycles. The molecule has 0 spiro atoms. The molecule has 0 aromatic rings. The highest BCUT2D eigenvalue weighted by atomic mass is 16.5. The van der Waals surface area contributed by atoms with Gasteiger partial charge in [0.15, 0.2) is 0 Å². The van der Waals surface area contributed by atoms with Gasteiger partial charge in [-0.3, -0.25) is 4.79 Å². The van der Waals surface area contributed by atoms with E-state index in [1.807, 2.05) is 11.9 Å². The number of carbonyl (C=O) groups excluding carboxylic acids is 1. The highest BCUT2D eigenvalue weighted by Crippen LogP contribution is 2.27. The first-order valence-corrected chi connectivity index (χ1v) is 6.73. The van der Waals surface area contributed by atoms with Crippen LogP contribution in [0.4, 0.5) is 0 Å². The maximum Gasteiger partial charge on any atom is 0.248 e. The average Bonchev–Trinajstić information content (AvgIpc) is 2.42. The summed E-state index contributed by atoms with van der Waals surface area (Å²) in [5.41, 5.74) is 5.79. The van der Waals surface area contributed by atoms with Crippen LogP contribution < -0.4 is 5.73 Å². The lowest BCUT2D eigenvalue weighted by Gasteiger charge is -2.37. The van der Waals surface area contributed by atoms with Crippen LogP contribution in [0, 0.1) is 5.92 Å². The van der Waals surface area contributed by atoms with E-state index in [1.165, 1.54) is 12.8 Å². The van der Waals surface area contributed by atoms with E-state index in [0.29, 0.717) is 25.7 Å². The second kappa shape index (κ2) is 8.45. The van der Waals surface area contributed by atoms with Crippen molar-refractivity contribution < 1.29 is 14.3 Å². The van der Waals surface area contributed by atoms with Crippen LogP contribution in [-0.4, -0.2) is 57.4 Å². The van der Waals surface area contributed by atoms with E-state index in [1.54, 1.807) is 7.11 Å². The van der Waals surface area contributed by atoms with Crippen molar-refractivity contribution in [3.8, 4) is 0 Å². The summed E-state index contributed by atoms with van der Waals surface area (Å²) in [5, 5.41) is 0. The van der Waals surface area contributed by atoms with E-state index in [0.717, 1.165) is 12.8 Å². The van der Waals surface area contributed by atoms with E-state index in [4.69, 9.17) is 15.2 Å². The van der Waals surface area contributed by atoms with Gasteiger partial charge in [0.25, 0.3) is 0 Å². The number of carbonyl (C=O) groups is 1. The van der Waals surface area contributed by atoms with Gasteiger partial charge in [0.1, 0.15) is 6.61 Å². The third kappa shape index (κ3) is 4.55. The fraction of sp³-hybridized carbons (Fsp3) is 0.923. The minimum Gasteiger partial charge on any atom is -0.382 e. The Morgan fingerprint density at radius 2 is 2.06 bits per heavy atom. The molecule has 5 heteroatoms. The van der Waals surface area contributed by atoms with Crippen molar-refractivity contribution in [2.45, 2.75) is 31.7 Å². The summed E-state index contributed by atoms with van der Waals surface area (Å²) in [6, 6.07) is 0.280. The van der Waals surface area contributed by atoms with Crippen molar-refractivity contribution in [3.05, 3.63) is 0 Å². The van der Waals surface area contributed by atoms with Crippen molar-refractivity contribution in [3.63, 3.8) is 0 Å². The molecule has 2 unspecified atom stereocenters. The Hall–Kier alpha value is -0.650. The monoisotopic (exact) mass is 258 g/mol. The van der Waals surface area contributed by atoms with Crippen molar-refractivity contribution in [1.82, 2.24) is 4.90 Å². The third-order valence-corrected chi connectivity index (χ3v) is 3.72. The smallest absolute Gasteiger partial charge is 0.248 e. The Morgan fingerprint density at radius 3 is 2.72 bits per heavy atom. The lowest BCUT2D eigenvalue weighted by atomic mass is 9.83. The summed E-state index contributed by atoms with van der Waals surface area (Å²) in [5.74, 6) is 0.475. The highest BCUT2D eigenvalue weighted by Gasteiger charge is 2.29. The topological polar surface area (TPSA) is 64.8 Å². The number of rotatable bonds is 7. The molecule has 1 rings (SSSR count). The molecule has 18 heavy (non-hydrogen) atoms. The van der Waals surface area contributed by atoms with Crippen LogP contribution in [0.5, 0.6) is 0 Å². The Kier molecular flexibility index (Phi) is 7.23. The quantitative estimate of drug-likeness (QED) is 0.680. The maximum atomic E-state index is 12.0. The summed E-state index contributed by atoms with van der Waals surface area (Å²) in [4.78, 5) is 13.8. The molecule has 1 saturated carbocycles. The molecule has 1 fully saturated rings. The molecule has 0 aromatic carbocycles. The number of nitrogens with two attached hydrogens (primary N) is 1. The Labute approximate surface area is 110 Å². The second-order valence-electron chi connectivity index (χ2n) is 4.90. The van der Waals surface area contributed by atoms with Crippen LogP contribution in [0.15, 0.2) is 0 Å². The molecule has 1 amide bonds. The standard InChI is InChI=1S/C13H26N2O3/c1-15(13(16)10-18-8-7-17-2)12-6-4-3-5-11(12)9-14/h11-12H,3-10,14H2,1-2H3. The molecule has 1 aliphatic carbocycles. The van der Waals surface area contributed by atoms with Gasteiger partial charge in [-0.15, -0.1) is 0 Å². The van der Waals surface area contributed by atoms with E-state index in [9.17, 15) is 4.79 Å². The number of likely N-dealkylation sites (N-methyl/N-ethyl adjacent to an activating group) is 1. The summed E-state index contributed by atoms with van der Waals surface area (Å²) in [6.45, 7) is 1.77. The molecule has 2 N–H and O–H groups in total. The second-order valence-corrected chi connectivity index (χ2v) is 4.90. The van der Waals surface area contributed by atoms with Gasteiger partial charge in [-0.2, -0.15) is 0 Å². The molecule has 0 bridgehead atoms. The Morgan fingerprint density at radius 1 is 1.33 bits per heavy atom. The minimum absolute atomic E-state index is 0.0384. The van der Waals surface area contributed by atoms with E-state index < -0.39 is 0 Å². The van der Waals surface area contributed by atoms with Gasteiger partial charge in [0, 0.05) is 20.2 Å².